The summed E-state index contributed by atoms with van der Waals surface area (Å²) in [6.45, 7) is 7.77. The highest BCUT2D eigenvalue weighted by Crippen LogP contribution is 2.38. The van der Waals surface area contributed by atoms with Crippen molar-refractivity contribution in [2.75, 3.05) is 13.2 Å². The highest BCUT2D eigenvalue weighted by molar-refractivity contribution is 14.0. The monoisotopic (exact) mass is 439 g/mol. The van der Waals surface area contributed by atoms with E-state index < -0.39 is 0 Å². The summed E-state index contributed by atoms with van der Waals surface area (Å²) in [5.74, 6) is 1.70. The van der Waals surface area contributed by atoms with Gasteiger partial charge in [0.1, 0.15) is 0 Å². The van der Waals surface area contributed by atoms with Crippen LogP contribution in [0.5, 0.6) is 11.5 Å². The lowest BCUT2D eigenvalue weighted by Crippen LogP contribution is -2.44. The van der Waals surface area contributed by atoms with E-state index in [4.69, 9.17) is 26.8 Å². The number of ether oxygens (including phenoxy) is 2. The smallest absolute Gasteiger partial charge is 0.189 e. The molecule has 0 aromatic heterocycles. The number of nitrogens with one attached hydrogen (secondary N) is 1. The van der Waals surface area contributed by atoms with E-state index in [1.54, 1.807) is 0 Å². The van der Waals surface area contributed by atoms with E-state index in [1.807, 2.05) is 32.9 Å². The quantitative estimate of drug-likeness (QED) is 0.421. The zero-order chi connectivity index (χ0) is 15.5. The lowest BCUT2D eigenvalue weighted by molar-refractivity contribution is 0.297. The van der Waals surface area contributed by atoms with Gasteiger partial charge < -0.3 is 20.5 Å². The zero-order valence-corrected chi connectivity index (χ0v) is 16.2. The number of rotatable bonds is 2. The maximum absolute atomic E-state index is 6.24. The molecule has 0 amide bonds. The minimum Gasteiger partial charge on any atom is -0.489 e. The molecule has 2 rings (SSSR count). The summed E-state index contributed by atoms with van der Waals surface area (Å²) in [6, 6.07) is 3.74. The van der Waals surface area contributed by atoms with Crippen LogP contribution in [0.3, 0.4) is 0 Å². The first-order chi connectivity index (χ1) is 9.85. The molecule has 124 valence electrons. The molecule has 0 atom stereocenters. The maximum Gasteiger partial charge on any atom is 0.189 e. The third-order valence-electron chi connectivity index (χ3n) is 2.80. The van der Waals surface area contributed by atoms with Crippen LogP contribution in [0, 0.1) is 0 Å². The Morgan fingerprint density at radius 1 is 1.32 bits per heavy atom. The van der Waals surface area contributed by atoms with Crippen LogP contribution in [0.25, 0.3) is 0 Å². The van der Waals surface area contributed by atoms with Crippen LogP contribution in [0.1, 0.15) is 32.8 Å². The number of fused-ring (bicyclic) bond motifs is 1. The first kappa shape index (κ1) is 19.2. The third-order valence-corrected chi connectivity index (χ3v) is 3.08. The Kier molecular flexibility index (Phi) is 7.05. The molecule has 1 aliphatic rings. The molecule has 1 aliphatic heterocycles. The molecule has 1 aromatic carbocycles. The van der Waals surface area contributed by atoms with E-state index in [2.05, 4.69) is 10.3 Å². The molecular formula is C15H23ClIN3O2. The molecule has 3 N–H and O–H groups in total. The van der Waals surface area contributed by atoms with E-state index in [9.17, 15) is 0 Å². The number of nitrogens with zero attached hydrogens (tertiary/aromatic N) is 1. The van der Waals surface area contributed by atoms with Crippen LogP contribution in [0.15, 0.2) is 17.1 Å². The first-order valence-corrected chi connectivity index (χ1v) is 7.39. The van der Waals surface area contributed by atoms with Crippen molar-refractivity contribution >= 4 is 41.5 Å². The number of hydrogen-bond acceptors (Lipinski definition) is 3. The van der Waals surface area contributed by atoms with Crippen molar-refractivity contribution in [1.29, 1.82) is 0 Å². The van der Waals surface area contributed by atoms with Gasteiger partial charge in [-0.25, -0.2) is 4.99 Å². The Labute approximate surface area is 153 Å². The Balaban J connectivity index is 0.00000242. The van der Waals surface area contributed by atoms with Crippen LogP contribution in [-0.4, -0.2) is 24.7 Å². The van der Waals surface area contributed by atoms with Crippen LogP contribution in [0.2, 0.25) is 5.02 Å². The molecule has 7 heteroatoms. The van der Waals surface area contributed by atoms with E-state index >= 15 is 0 Å². The normalized spacial score (nSPS) is 14.8. The van der Waals surface area contributed by atoms with Gasteiger partial charge >= 0.3 is 0 Å². The van der Waals surface area contributed by atoms with Gasteiger partial charge in [-0.2, -0.15) is 0 Å². The van der Waals surface area contributed by atoms with Crippen molar-refractivity contribution in [2.24, 2.45) is 10.7 Å². The Morgan fingerprint density at radius 3 is 2.68 bits per heavy atom. The van der Waals surface area contributed by atoms with Gasteiger partial charge in [0.05, 0.1) is 24.8 Å². The molecular weight excluding hydrogens is 417 g/mol. The summed E-state index contributed by atoms with van der Waals surface area (Å²) in [6.07, 6.45) is 0.848. The van der Waals surface area contributed by atoms with E-state index in [0.29, 0.717) is 42.2 Å². The Morgan fingerprint density at radius 2 is 2.00 bits per heavy atom. The van der Waals surface area contributed by atoms with Crippen LogP contribution >= 0.6 is 35.6 Å². The number of benzene rings is 1. The van der Waals surface area contributed by atoms with Crippen molar-refractivity contribution in [3.63, 3.8) is 0 Å². The summed E-state index contributed by atoms with van der Waals surface area (Å²) in [4.78, 5) is 4.32. The summed E-state index contributed by atoms with van der Waals surface area (Å²) >= 11 is 6.24. The molecule has 0 radical (unpaired) electrons. The lowest BCUT2D eigenvalue weighted by Gasteiger charge is -2.21. The van der Waals surface area contributed by atoms with Gasteiger partial charge in [0.15, 0.2) is 17.5 Å². The maximum atomic E-state index is 6.24. The number of nitrogens with two attached hydrogens (primary N) is 1. The molecule has 0 unspecified atom stereocenters. The standard InChI is InChI=1S/C15H22ClN3O2.HI/c1-15(2,3)19-14(17)18-9-10-7-11(16)13-12(8-10)20-5-4-6-21-13;/h7-8H,4-6,9H2,1-3H3,(H3,17,18,19);1H. The molecule has 22 heavy (non-hydrogen) atoms. The second kappa shape index (κ2) is 8.10. The van der Waals surface area contributed by atoms with E-state index in [0.717, 1.165) is 12.0 Å². The highest BCUT2D eigenvalue weighted by atomic mass is 127. The number of guanidine groups is 1. The third kappa shape index (κ3) is 5.72. The molecule has 1 aromatic rings. The molecule has 0 aliphatic carbocycles. The van der Waals surface area contributed by atoms with Crippen molar-refractivity contribution in [3.8, 4) is 11.5 Å². The van der Waals surface area contributed by atoms with Gasteiger partial charge in [-0.1, -0.05) is 11.6 Å². The van der Waals surface area contributed by atoms with Gasteiger partial charge in [0.25, 0.3) is 0 Å². The highest BCUT2D eigenvalue weighted by Gasteiger charge is 2.15. The summed E-state index contributed by atoms with van der Waals surface area (Å²) in [5, 5.41) is 3.66. The molecule has 0 bridgehead atoms. The summed E-state index contributed by atoms with van der Waals surface area (Å²) in [7, 11) is 0. The lowest BCUT2D eigenvalue weighted by atomic mass is 10.1. The number of hydrogen-bond donors (Lipinski definition) is 2. The van der Waals surface area contributed by atoms with Crippen molar-refractivity contribution in [1.82, 2.24) is 5.32 Å². The average Bonchev–Trinajstić information content (AvgIpc) is 2.60. The SMILES string of the molecule is CC(C)(C)NC(N)=NCc1cc(Cl)c2c(c1)OCCCO2.I. The zero-order valence-electron chi connectivity index (χ0n) is 13.1. The van der Waals surface area contributed by atoms with Gasteiger partial charge in [-0.05, 0) is 38.5 Å². The Hall–Kier alpha value is -0.890. The van der Waals surface area contributed by atoms with Gasteiger partial charge in [-0.3, -0.25) is 0 Å². The fourth-order valence-electron chi connectivity index (χ4n) is 1.98. The minimum absolute atomic E-state index is 0. The Bertz CT molecular complexity index is 544. The predicted molar refractivity (Wildman–Crippen MR) is 101 cm³/mol. The topological polar surface area (TPSA) is 68.9 Å². The second-order valence-electron chi connectivity index (χ2n) is 6.03. The van der Waals surface area contributed by atoms with Gasteiger partial charge in [0.2, 0.25) is 0 Å². The second-order valence-corrected chi connectivity index (χ2v) is 6.44. The molecule has 1 heterocycles. The van der Waals surface area contributed by atoms with Crippen molar-refractivity contribution < 1.29 is 9.47 Å². The largest absolute Gasteiger partial charge is 0.489 e. The van der Waals surface area contributed by atoms with Crippen LogP contribution in [0.4, 0.5) is 0 Å². The summed E-state index contributed by atoms with van der Waals surface area (Å²) in [5.41, 5.74) is 6.68. The molecule has 5 nitrogen and oxygen atoms in total. The van der Waals surface area contributed by atoms with Crippen molar-refractivity contribution in [3.05, 3.63) is 22.7 Å². The molecule has 0 saturated heterocycles. The van der Waals surface area contributed by atoms with E-state index in [1.165, 1.54) is 0 Å². The van der Waals surface area contributed by atoms with Crippen molar-refractivity contribution in [2.45, 2.75) is 39.3 Å². The predicted octanol–water partition coefficient (Wildman–Crippen LogP) is 3.32. The number of aliphatic imine (C=N–C) groups is 1. The fourth-order valence-corrected chi connectivity index (χ4v) is 2.26. The molecule has 0 saturated carbocycles. The number of halogens is 2. The minimum atomic E-state index is -0.115. The van der Waals surface area contributed by atoms with Gasteiger partial charge in [-0.15, -0.1) is 24.0 Å². The molecule has 0 fully saturated rings. The van der Waals surface area contributed by atoms with Gasteiger partial charge in [0, 0.05) is 12.0 Å². The van der Waals surface area contributed by atoms with Crippen LogP contribution < -0.4 is 20.5 Å². The summed E-state index contributed by atoms with van der Waals surface area (Å²) < 4.78 is 11.2. The van der Waals surface area contributed by atoms with Crippen LogP contribution in [-0.2, 0) is 6.54 Å². The molecule has 0 spiro atoms. The van der Waals surface area contributed by atoms with E-state index in [-0.39, 0.29) is 29.5 Å². The average molecular weight is 440 g/mol. The first-order valence-electron chi connectivity index (χ1n) is 7.01. The fraction of sp³-hybridized carbons (Fsp3) is 0.533.